The van der Waals surface area contributed by atoms with Crippen LogP contribution in [0, 0.1) is 0 Å². The number of rotatable bonds is 3. The summed E-state index contributed by atoms with van der Waals surface area (Å²) in [4.78, 5) is 14.7. The molecule has 1 heterocycles. The van der Waals surface area contributed by atoms with Gasteiger partial charge in [-0.3, -0.25) is 9.78 Å². The second-order valence-corrected chi connectivity index (χ2v) is 3.54. The van der Waals surface area contributed by atoms with E-state index in [-0.39, 0.29) is 18.2 Å². The van der Waals surface area contributed by atoms with E-state index in [2.05, 4.69) is 10.3 Å². The van der Waals surface area contributed by atoms with E-state index < -0.39 is 17.8 Å². The Balaban J connectivity index is 2.78. The molecule has 0 saturated heterocycles. The maximum atomic E-state index is 12.2. The lowest BCUT2D eigenvalue weighted by Crippen LogP contribution is -2.37. The summed E-state index contributed by atoms with van der Waals surface area (Å²) in [5.74, 6) is -0.496. The van der Waals surface area contributed by atoms with Crippen molar-refractivity contribution in [2.24, 2.45) is 5.73 Å². The normalized spacial score (nSPS) is 13.2. The average molecular weight is 247 g/mol. The number of aromatic nitrogens is 1. The SMILES string of the molecule is C[C@@H](CN)NC(=O)c1ccc(C(F)(F)F)nc1. The minimum absolute atomic E-state index is 0.0679. The summed E-state index contributed by atoms with van der Waals surface area (Å²) in [5.41, 5.74) is 4.34. The molecule has 0 fully saturated rings. The van der Waals surface area contributed by atoms with E-state index in [0.29, 0.717) is 0 Å². The molecule has 1 aromatic rings. The highest BCUT2D eigenvalue weighted by molar-refractivity contribution is 5.94. The maximum Gasteiger partial charge on any atom is 0.433 e. The van der Waals surface area contributed by atoms with Crippen molar-refractivity contribution in [3.05, 3.63) is 29.6 Å². The molecule has 1 amide bonds. The molecule has 3 N–H and O–H groups in total. The number of nitrogens with one attached hydrogen (secondary N) is 1. The average Bonchev–Trinajstić information content (AvgIpc) is 2.27. The number of pyridine rings is 1. The number of carbonyl (C=O) groups excluding carboxylic acids is 1. The van der Waals surface area contributed by atoms with Gasteiger partial charge in [0.1, 0.15) is 5.69 Å². The summed E-state index contributed by atoms with van der Waals surface area (Å²) in [6, 6.07) is 1.60. The number of amides is 1. The molecule has 0 aliphatic heterocycles. The molecular formula is C10H12F3N3O. The van der Waals surface area contributed by atoms with E-state index in [1.165, 1.54) is 0 Å². The Hall–Kier alpha value is -1.63. The molecule has 0 saturated carbocycles. The summed E-state index contributed by atoms with van der Waals surface area (Å²) in [6.45, 7) is 1.94. The fraction of sp³-hybridized carbons (Fsp3) is 0.400. The van der Waals surface area contributed by atoms with Crippen LogP contribution in [0.5, 0.6) is 0 Å². The summed E-state index contributed by atoms with van der Waals surface area (Å²) in [6.07, 6.45) is -3.61. The minimum atomic E-state index is -4.50. The van der Waals surface area contributed by atoms with E-state index in [1.54, 1.807) is 6.92 Å². The van der Waals surface area contributed by atoms with E-state index >= 15 is 0 Å². The zero-order valence-corrected chi connectivity index (χ0v) is 9.08. The number of halogens is 3. The van der Waals surface area contributed by atoms with Crippen molar-refractivity contribution in [1.29, 1.82) is 0 Å². The molecule has 94 valence electrons. The maximum absolute atomic E-state index is 12.2. The van der Waals surface area contributed by atoms with Crippen molar-refractivity contribution in [3.63, 3.8) is 0 Å². The Morgan fingerprint density at radius 2 is 2.18 bits per heavy atom. The van der Waals surface area contributed by atoms with E-state index in [4.69, 9.17) is 5.73 Å². The molecule has 1 rings (SSSR count). The minimum Gasteiger partial charge on any atom is -0.348 e. The standard InChI is InChI=1S/C10H12F3N3O/c1-6(4-14)16-9(17)7-2-3-8(15-5-7)10(11,12)13/h2-3,5-6H,4,14H2,1H3,(H,16,17)/t6-/m0/s1. The molecular weight excluding hydrogens is 235 g/mol. The van der Waals surface area contributed by atoms with Crippen LogP contribution in [0.2, 0.25) is 0 Å². The molecule has 0 aliphatic carbocycles. The van der Waals surface area contributed by atoms with E-state index in [9.17, 15) is 18.0 Å². The van der Waals surface area contributed by atoms with Crippen molar-refractivity contribution < 1.29 is 18.0 Å². The molecule has 0 aliphatic rings. The third-order valence-electron chi connectivity index (χ3n) is 2.05. The molecule has 1 aromatic heterocycles. The first kappa shape index (κ1) is 13.4. The lowest BCUT2D eigenvalue weighted by atomic mass is 10.2. The Morgan fingerprint density at radius 3 is 2.59 bits per heavy atom. The van der Waals surface area contributed by atoms with Gasteiger partial charge in [0.15, 0.2) is 0 Å². The molecule has 0 radical (unpaired) electrons. The Morgan fingerprint density at radius 1 is 1.53 bits per heavy atom. The lowest BCUT2D eigenvalue weighted by Gasteiger charge is -2.11. The highest BCUT2D eigenvalue weighted by Gasteiger charge is 2.32. The van der Waals surface area contributed by atoms with Crippen molar-refractivity contribution >= 4 is 5.91 Å². The number of alkyl halides is 3. The van der Waals surface area contributed by atoms with Crippen LogP contribution in [-0.2, 0) is 6.18 Å². The van der Waals surface area contributed by atoms with Gasteiger partial charge >= 0.3 is 6.18 Å². The van der Waals surface area contributed by atoms with Crippen molar-refractivity contribution in [1.82, 2.24) is 10.3 Å². The summed E-state index contributed by atoms with van der Waals surface area (Å²) >= 11 is 0. The molecule has 0 bridgehead atoms. The molecule has 1 atom stereocenters. The Kier molecular flexibility index (Phi) is 4.06. The van der Waals surface area contributed by atoms with Gasteiger partial charge in [0.05, 0.1) is 5.56 Å². The first-order chi connectivity index (χ1) is 7.84. The quantitative estimate of drug-likeness (QED) is 0.842. The van der Waals surface area contributed by atoms with Gasteiger partial charge in [0.25, 0.3) is 5.91 Å². The molecule has 0 aromatic carbocycles. The summed E-state index contributed by atoms with van der Waals surface area (Å²) in [7, 11) is 0. The van der Waals surface area contributed by atoms with Gasteiger partial charge < -0.3 is 11.1 Å². The van der Waals surface area contributed by atoms with Gasteiger partial charge in [-0.1, -0.05) is 0 Å². The van der Waals surface area contributed by atoms with Gasteiger partial charge in [-0.15, -0.1) is 0 Å². The van der Waals surface area contributed by atoms with Gasteiger partial charge in [-0.25, -0.2) is 0 Å². The van der Waals surface area contributed by atoms with Crippen molar-refractivity contribution in [3.8, 4) is 0 Å². The lowest BCUT2D eigenvalue weighted by molar-refractivity contribution is -0.141. The number of carbonyl (C=O) groups is 1. The van der Waals surface area contributed by atoms with Crippen LogP contribution in [0.15, 0.2) is 18.3 Å². The van der Waals surface area contributed by atoms with Crippen LogP contribution in [0.1, 0.15) is 23.0 Å². The van der Waals surface area contributed by atoms with Crippen LogP contribution in [0.3, 0.4) is 0 Å². The highest BCUT2D eigenvalue weighted by atomic mass is 19.4. The van der Waals surface area contributed by atoms with Crippen LogP contribution in [0.4, 0.5) is 13.2 Å². The first-order valence-corrected chi connectivity index (χ1v) is 4.88. The predicted octanol–water partition coefficient (Wildman–Crippen LogP) is 1.18. The molecule has 4 nitrogen and oxygen atoms in total. The van der Waals surface area contributed by atoms with Crippen LogP contribution < -0.4 is 11.1 Å². The van der Waals surface area contributed by atoms with E-state index in [0.717, 1.165) is 18.3 Å². The second-order valence-electron chi connectivity index (χ2n) is 3.54. The van der Waals surface area contributed by atoms with Crippen molar-refractivity contribution in [2.45, 2.75) is 19.1 Å². The smallest absolute Gasteiger partial charge is 0.348 e. The van der Waals surface area contributed by atoms with Crippen LogP contribution >= 0.6 is 0 Å². The third-order valence-corrected chi connectivity index (χ3v) is 2.05. The number of nitrogens with two attached hydrogens (primary N) is 1. The third kappa shape index (κ3) is 3.70. The molecule has 0 unspecified atom stereocenters. The zero-order chi connectivity index (χ0) is 13.1. The fourth-order valence-corrected chi connectivity index (χ4v) is 1.06. The summed E-state index contributed by atoms with van der Waals surface area (Å²) < 4.78 is 36.6. The largest absolute Gasteiger partial charge is 0.433 e. The monoisotopic (exact) mass is 247 g/mol. The predicted molar refractivity (Wildman–Crippen MR) is 55.2 cm³/mol. The Bertz CT molecular complexity index is 389. The summed E-state index contributed by atoms with van der Waals surface area (Å²) in [5, 5.41) is 2.52. The zero-order valence-electron chi connectivity index (χ0n) is 9.08. The number of nitrogens with zero attached hydrogens (tertiary/aromatic N) is 1. The van der Waals surface area contributed by atoms with Gasteiger partial charge in [-0.2, -0.15) is 13.2 Å². The number of hydrogen-bond donors (Lipinski definition) is 2. The molecule has 7 heteroatoms. The highest BCUT2D eigenvalue weighted by Crippen LogP contribution is 2.27. The first-order valence-electron chi connectivity index (χ1n) is 4.88. The van der Waals surface area contributed by atoms with Gasteiger partial charge in [0.2, 0.25) is 0 Å². The molecule has 0 spiro atoms. The van der Waals surface area contributed by atoms with Gasteiger partial charge in [0, 0.05) is 18.8 Å². The number of hydrogen-bond acceptors (Lipinski definition) is 3. The van der Waals surface area contributed by atoms with Crippen LogP contribution in [-0.4, -0.2) is 23.5 Å². The van der Waals surface area contributed by atoms with E-state index in [1.807, 2.05) is 0 Å². The Labute approximate surface area is 96.0 Å². The molecule has 17 heavy (non-hydrogen) atoms. The van der Waals surface area contributed by atoms with Crippen LogP contribution in [0.25, 0.3) is 0 Å². The second kappa shape index (κ2) is 5.13. The van der Waals surface area contributed by atoms with Gasteiger partial charge in [-0.05, 0) is 19.1 Å². The fourth-order valence-electron chi connectivity index (χ4n) is 1.06. The van der Waals surface area contributed by atoms with Crippen molar-refractivity contribution in [2.75, 3.05) is 6.54 Å². The topological polar surface area (TPSA) is 68.0 Å².